The highest BCUT2D eigenvalue weighted by molar-refractivity contribution is 5.91. The molecule has 0 unspecified atom stereocenters. The number of likely N-dealkylation sites (tertiary alicyclic amines) is 1. The maximum absolute atomic E-state index is 11.6. The number of nitrogens with zero attached hydrogens (tertiary/aromatic N) is 3. The van der Waals surface area contributed by atoms with Crippen molar-refractivity contribution in [3.63, 3.8) is 0 Å². The first-order chi connectivity index (χ1) is 8.57. The Morgan fingerprint density at radius 3 is 3.11 bits per heavy atom. The number of carbonyl (C=O) groups excluding carboxylic acids is 1. The summed E-state index contributed by atoms with van der Waals surface area (Å²) in [4.78, 5) is 14.0. The summed E-state index contributed by atoms with van der Waals surface area (Å²) in [5, 5.41) is 12.6. The number of hydrogen-bond acceptors (Lipinski definition) is 4. The van der Waals surface area contributed by atoms with Gasteiger partial charge in [0.1, 0.15) is 0 Å². The van der Waals surface area contributed by atoms with Gasteiger partial charge in [-0.05, 0) is 24.8 Å². The van der Waals surface area contributed by atoms with Gasteiger partial charge >= 0.3 is 0 Å². The lowest BCUT2D eigenvalue weighted by Crippen LogP contribution is -2.43. The minimum atomic E-state index is -0.167. The van der Waals surface area contributed by atoms with Crippen molar-refractivity contribution >= 4 is 5.91 Å². The Morgan fingerprint density at radius 2 is 2.44 bits per heavy atom. The van der Waals surface area contributed by atoms with Crippen LogP contribution < -0.4 is 5.32 Å². The molecule has 0 atom stereocenters. The summed E-state index contributed by atoms with van der Waals surface area (Å²) in [7, 11) is 0. The van der Waals surface area contributed by atoms with Crippen LogP contribution in [-0.4, -0.2) is 52.4 Å². The molecule has 0 spiro atoms. The molecule has 6 nitrogen and oxygen atoms in total. The molecule has 0 aliphatic carbocycles. The Bertz CT molecular complexity index is 387. The third-order valence-corrected chi connectivity index (χ3v) is 3.34. The fourth-order valence-electron chi connectivity index (χ4n) is 2.46. The molecule has 0 bridgehead atoms. The molecule has 18 heavy (non-hydrogen) atoms. The van der Waals surface area contributed by atoms with Crippen molar-refractivity contribution in [3.05, 3.63) is 11.9 Å². The van der Waals surface area contributed by atoms with Gasteiger partial charge in [-0.1, -0.05) is 13.8 Å². The second-order valence-electron chi connectivity index (χ2n) is 5.66. The van der Waals surface area contributed by atoms with Crippen molar-refractivity contribution in [3.8, 4) is 0 Å². The molecule has 2 N–H and O–H groups in total. The van der Waals surface area contributed by atoms with E-state index >= 15 is 0 Å². The van der Waals surface area contributed by atoms with Gasteiger partial charge in [0.05, 0.1) is 6.20 Å². The molecular weight excluding hydrogens is 230 g/mol. The number of aromatic nitrogens is 3. The van der Waals surface area contributed by atoms with E-state index in [2.05, 4.69) is 39.5 Å². The second-order valence-corrected chi connectivity index (χ2v) is 5.66. The van der Waals surface area contributed by atoms with Gasteiger partial charge in [0.15, 0.2) is 5.69 Å². The van der Waals surface area contributed by atoms with Crippen molar-refractivity contribution in [2.24, 2.45) is 5.41 Å². The molecule has 1 aliphatic rings. The predicted molar refractivity (Wildman–Crippen MR) is 68.2 cm³/mol. The average molecular weight is 251 g/mol. The van der Waals surface area contributed by atoms with E-state index in [-0.39, 0.29) is 5.91 Å². The van der Waals surface area contributed by atoms with Gasteiger partial charge in [0, 0.05) is 19.6 Å². The fraction of sp³-hybridized carbons (Fsp3) is 0.750. The van der Waals surface area contributed by atoms with E-state index in [9.17, 15) is 4.79 Å². The first kappa shape index (κ1) is 13.0. The smallest absolute Gasteiger partial charge is 0.273 e. The van der Waals surface area contributed by atoms with Crippen LogP contribution >= 0.6 is 0 Å². The average Bonchev–Trinajstić information content (AvgIpc) is 2.81. The summed E-state index contributed by atoms with van der Waals surface area (Å²) >= 11 is 0. The maximum atomic E-state index is 11.6. The highest BCUT2D eigenvalue weighted by Gasteiger charge is 2.25. The molecular formula is C12H21N5O. The van der Waals surface area contributed by atoms with Gasteiger partial charge in [-0.3, -0.25) is 4.79 Å². The Labute approximate surface area is 107 Å². The van der Waals surface area contributed by atoms with Crippen LogP contribution in [0, 0.1) is 5.41 Å². The van der Waals surface area contributed by atoms with Crippen molar-refractivity contribution in [2.45, 2.75) is 26.7 Å². The minimum absolute atomic E-state index is 0.167. The predicted octanol–water partition coefficient (Wildman–Crippen LogP) is 0.656. The van der Waals surface area contributed by atoms with Gasteiger partial charge in [-0.2, -0.15) is 15.4 Å². The first-order valence-electron chi connectivity index (χ1n) is 6.43. The fourth-order valence-corrected chi connectivity index (χ4v) is 2.46. The zero-order valence-corrected chi connectivity index (χ0v) is 11.1. The van der Waals surface area contributed by atoms with Crippen LogP contribution in [0.1, 0.15) is 37.2 Å². The first-order valence-corrected chi connectivity index (χ1v) is 6.43. The van der Waals surface area contributed by atoms with E-state index in [1.807, 2.05) is 0 Å². The lowest BCUT2D eigenvalue weighted by molar-refractivity contribution is 0.0921. The van der Waals surface area contributed by atoms with E-state index < -0.39 is 0 Å². The topological polar surface area (TPSA) is 73.9 Å². The Kier molecular flexibility index (Phi) is 3.96. The molecule has 6 heteroatoms. The molecule has 1 aromatic rings. The molecule has 1 aliphatic heterocycles. The molecule has 1 fully saturated rings. The number of hydrogen-bond donors (Lipinski definition) is 2. The van der Waals surface area contributed by atoms with E-state index in [0.29, 0.717) is 17.7 Å². The van der Waals surface area contributed by atoms with E-state index in [4.69, 9.17) is 0 Å². The lowest BCUT2D eigenvalue weighted by Gasteiger charge is -2.38. The molecule has 2 rings (SSSR count). The van der Waals surface area contributed by atoms with Gasteiger partial charge < -0.3 is 10.2 Å². The van der Waals surface area contributed by atoms with Crippen LogP contribution in [0.4, 0.5) is 0 Å². The summed E-state index contributed by atoms with van der Waals surface area (Å²) in [6.07, 6.45) is 3.96. The minimum Gasteiger partial charge on any atom is -0.349 e. The van der Waals surface area contributed by atoms with E-state index in [1.165, 1.54) is 19.0 Å². The zero-order valence-electron chi connectivity index (χ0n) is 11.1. The summed E-state index contributed by atoms with van der Waals surface area (Å²) in [6, 6.07) is 0. The summed E-state index contributed by atoms with van der Waals surface area (Å²) < 4.78 is 0. The Hall–Kier alpha value is -1.43. The van der Waals surface area contributed by atoms with Gasteiger partial charge in [0.2, 0.25) is 0 Å². The van der Waals surface area contributed by atoms with Crippen LogP contribution in [0.5, 0.6) is 0 Å². The zero-order chi connectivity index (χ0) is 13.0. The second kappa shape index (κ2) is 5.48. The molecule has 1 amide bonds. The monoisotopic (exact) mass is 251 g/mol. The van der Waals surface area contributed by atoms with Crippen LogP contribution in [0.25, 0.3) is 0 Å². The molecule has 0 saturated carbocycles. The number of aromatic amines is 1. The van der Waals surface area contributed by atoms with Crippen molar-refractivity contribution in [1.82, 2.24) is 25.6 Å². The number of piperidine rings is 1. The molecule has 1 saturated heterocycles. The highest BCUT2D eigenvalue weighted by atomic mass is 16.1. The molecule has 2 heterocycles. The van der Waals surface area contributed by atoms with Crippen LogP contribution in [0.3, 0.4) is 0 Å². The number of nitrogens with one attached hydrogen (secondary N) is 2. The summed E-state index contributed by atoms with van der Waals surface area (Å²) in [5.41, 5.74) is 0.739. The summed E-state index contributed by atoms with van der Waals surface area (Å²) in [5.74, 6) is -0.167. The third-order valence-electron chi connectivity index (χ3n) is 3.34. The molecule has 100 valence electrons. The van der Waals surface area contributed by atoms with Gasteiger partial charge in [-0.15, -0.1) is 0 Å². The van der Waals surface area contributed by atoms with Crippen molar-refractivity contribution in [1.29, 1.82) is 0 Å². The number of carbonyl (C=O) groups is 1. The summed E-state index contributed by atoms with van der Waals surface area (Å²) in [6.45, 7) is 8.38. The Morgan fingerprint density at radius 1 is 1.61 bits per heavy atom. The van der Waals surface area contributed by atoms with Crippen molar-refractivity contribution in [2.75, 3.05) is 26.2 Å². The number of rotatable bonds is 4. The maximum Gasteiger partial charge on any atom is 0.273 e. The lowest BCUT2D eigenvalue weighted by atomic mass is 9.84. The van der Waals surface area contributed by atoms with Crippen LogP contribution in [0.2, 0.25) is 0 Å². The van der Waals surface area contributed by atoms with E-state index in [0.717, 1.165) is 19.6 Å². The largest absolute Gasteiger partial charge is 0.349 e. The SMILES string of the molecule is CC1(C)CCCN(CCNC(=O)c2cn[nH]n2)C1. The molecule has 1 aromatic heterocycles. The highest BCUT2D eigenvalue weighted by Crippen LogP contribution is 2.27. The number of amides is 1. The van der Waals surface area contributed by atoms with Gasteiger partial charge in [-0.25, -0.2) is 0 Å². The third kappa shape index (κ3) is 3.53. The van der Waals surface area contributed by atoms with Crippen molar-refractivity contribution < 1.29 is 4.79 Å². The van der Waals surface area contributed by atoms with Crippen LogP contribution in [-0.2, 0) is 0 Å². The van der Waals surface area contributed by atoms with Crippen LogP contribution in [0.15, 0.2) is 6.20 Å². The number of H-pyrrole nitrogens is 1. The molecule has 0 radical (unpaired) electrons. The van der Waals surface area contributed by atoms with Gasteiger partial charge in [0.25, 0.3) is 5.91 Å². The normalized spacial score (nSPS) is 19.7. The molecule has 0 aromatic carbocycles. The Balaban J connectivity index is 1.71. The standard InChI is InChI=1S/C12H21N5O/c1-12(2)4-3-6-17(9-12)7-5-13-11(18)10-8-14-16-15-10/h8H,3-7,9H2,1-2H3,(H,13,18)(H,14,15,16). The van der Waals surface area contributed by atoms with E-state index in [1.54, 1.807) is 0 Å². The quantitative estimate of drug-likeness (QED) is 0.824.